The Morgan fingerprint density at radius 3 is 2.44 bits per heavy atom. The first-order valence-electron chi connectivity index (χ1n) is 7.20. The van der Waals surface area contributed by atoms with Gasteiger partial charge in [-0.1, -0.05) is 20.8 Å². The lowest BCUT2D eigenvalue weighted by Gasteiger charge is -2.36. The van der Waals surface area contributed by atoms with Crippen LogP contribution >= 0.6 is 0 Å². The molecule has 4 heteroatoms. The van der Waals surface area contributed by atoms with Gasteiger partial charge in [-0.2, -0.15) is 0 Å². The van der Waals surface area contributed by atoms with Crippen LogP contribution in [0.5, 0.6) is 0 Å². The Morgan fingerprint density at radius 1 is 1.39 bits per heavy atom. The summed E-state index contributed by atoms with van der Waals surface area (Å²) >= 11 is 0. The van der Waals surface area contributed by atoms with E-state index in [1.54, 1.807) is 0 Å². The summed E-state index contributed by atoms with van der Waals surface area (Å²) in [5.74, 6) is 1.49. The number of hydrogen-bond acceptors (Lipinski definition) is 3. The van der Waals surface area contributed by atoms with Crippen molar-refractivity contribution in [3.63, 3.8) is 0 Å². The molecule has 0 aromatic heterocycles. The molecule has 1 amide bonds. The van der Waals surface area contributed by atoms with Crippen LogP contribution in [0.2, 0.25) is 0 Å². The Balaban J connectivity index is 2.35. The molecule has 106 valence electrons. The van der Waals surface area contributed by atoms with E-state index >= 15 is 0 Å². The molecule has 1 rings (SSSR count). The van der Waals surface area contributed by atoms with Crippen molar-refractivity contribution in [2.24, 2.45) is 17.6 Å². The first-order chi connectivity index (χ1) is 8.42. The molecule has 18 heavy (non-hydrogen) atoms. The predicted octanol–water partition coefficient (Wildman–Crippen LogP) is 1.21. The molecule has 0 aromatic rings. The average molecular weight is 255 g/mol. The summed E-state index contributed by atoms with van der Waals surface area (Å²) in [5.41, 5.74) is 5.72. The first-order valence-corrected chi connectivity index (χ1v) is 7.20. The molecule has 1 aliphatic rings. The zero-order chi connectivity index (χ0) is 13.7. The molecule has 0 aliphatic carbocycles. The molecule has 0 saturated carbocycles. The number of nitrogens with two attached hydrogens (primary N) is 1. The van der Waals surface area contributed by atoms with Crippen molar-refractivity contribution in [2.75, 3.05) is 19.6 Å². The number of nitrogens with zero attached hydrogens (tertiary/aromatic N) is 1. The fraction of sp³-hybridized carbons (Fsp3) is 0.929. The van der Waals surface area contributed by atoms with Crippen molar-refractivity contribution in [2.45, 2.75) is 52.6 Å². The summed E-state index contributed by atoms with van der Waals surface area (Å²) in [4.78, 5) is 14.2. The molecule has 3 N–H and O–H groups in total. The smallest absolute Gasteiger partial charge is 0.237 e. The highest BCUT2D eigenvalue weighted by Gasteiger charge is 2.23. The van der Waals surface area contributed by atoms with E-state index in [4.69, 9.17) is 5.73 Å². The molecule has 3 unspecified atom stereocenters. The molecule has 0 radical (unpaired) electrons. The third kappa shape index (κ3) is 4.94. The van der Waals surface area contributed by atoms with Gasteiger partial charge in [0.1, 0.15) is 0 Å². The third-order valence-electron chi connectivity index (χ3n) is 3.64. The Morgan fingerprint density at radius 2 is 1.94 bits per heavy atom. The second-order valence-electron chi connectivity index (χ2n) is 6.09. The molecule has 1 heterocycles. The van der Waals surface area contributed by atoms with Crippen molar-refractivity contribution in [1.82, 2.24) is 10.2 Å². The maximum Gasteiger partial charge on any atom is 0.237 e. The SMILES string of the molecule is CC[C@H](N)C(=O)NC(C)CN1CC(C)CC(C)C1. The third-order valence-corrected chi connectivity index (χ3v) is 3.64. The van der Waals surface area contributed by atoms with E-state index in [-0.39, 0.29) is 18.0 Å². The first kappa shape index (κ1) is 15.4. The summed E-state index contributed by atoms with van der Waals surface area (Å²) in [7, 11) is 0. The van der Waals surface area contributed by atoms with Crippen molar-refractivity contribution in [3.05, 3.63) is 0 Å². The summed E-state index contributed by atoms with van der Waals surface area (Å²) in [6.45, 7) is 11.8. The second-order valence-corrected chi connectivity index (χ2v) is 6.09. The van der Waals surface area contributed by atoms with Gasteiger partial charge < -0.3 is 16.0 Å². The average Bonchev–Trinajstić information content (AvgIpc) is 2.25. The summed E-state index contributed by atoms with van der Waals surface area (Å²) < 4.78 is 0. The number of carbonyl (C=O) groups excluding carboxylic acids is 1. The molecule has 4 atom stereocenters. The van der Waals surface area contributed by atoms with E-state index in [1.165, 1.54) is 6.42 Å². The number of nitrogens with one attached hydrogen (secondary N) is 1. The van der Waals surface area contributed by atoms with Crippen LogP contribution < -0.4 is 11.1 Å². The minimum atomic E-state index is -0.369. The van der Waals surface area contributed by atoms with E-state index in [0.717, 1.165) is 31.5 Å². The van der Waals surface area contributed by atoms with E-state index in [1.807, 2.05) is 6.92 Å². The molecule has 1 saturated heterocycles. The Kier molecular flexibility index (Phi) is 6.09. The Hall–Kier alpha value is -0.610. The Bertz CT molecular complexity index is 260. The summed E-state index contributed by atoms with van der Waals surface area (Å²) in [5, 5.41) is 3.00. The highest BCUT2D eigenvalue weighted by Crippen LogP contribution is 2.20. The fourth-order valence-electron chi connectivity index (χ4n) is 2.91. The maximum absolute atomic E-state index is 11.7. The number of piperidine rings is 1. The number of rotatable bonds is 5. The zero-order valence-electron chi connectivity index (χ0n) is 12.3. The molecule has 1 aliphatic heterocycles. The number of carbonyl (C=O) groups is 1. The van der Waals surface area contributed by atoms with E-state index < -0.39 is 0 Å². The highest BCUT2D eigenvalue weighted by molar-refractivity contribution is 5.81. The Labute approximate surface area is 111 Å². The van der Waals surface area contributed by atoms with Gasteiger partial charge in [0, 0.05) is 25.7 Å². The largest absolute Gasteiger partial charge is 0.351 e. The van der Waals surface area contributed by atoms with Gasteiger partial charge in [-0.05, 0) is 31.6 Å². The number of hydrogen-bond donors (Lipinski definition) is 2. The summed E-state index contributed by atoms with van der Waals surface area (Å²) in [6, 6.07) is -0.195. The molecule has 0 bridgehead atoms. The van der Waals surface area contributed by atoms with Gasteiger partial charge in [0.15, 0.2) is 0 Å². The van der Waals surface area contributed by atoms with E-state index in [9.17, 15) is 4.79 Å². The van der Waals surface area contributed by atoms with Crippen LogP contribution in [0.1, 0.15) is 40.5 Å². The van der Waals surface area contributed by atoms with Gasteiger partial charge in [0.25, 0.3) is 0 Å². The van der Waals surface area contributed by atoms with Gasteiger partial charge in [0.05, 0.1) is 6.04 Å². The van der Waals surface area contributed by atoms with Crippen LogP contribution in [0.15, 0.2) is 0 Å². The van der Waals surface area contributed by atoms with Crippen molar-refractivity contribution in [3.8, 4) is 0 Å². The highest BCUT2D eigenvalue weighted by atomic mass is 16.2. The normalized spacial score (nSPS) is 28.7. The lowest BCUT2D eigenvalue weighted by atomic mass is 9.92. The maximum atomic E-state index is 11.7. The fourth-order valence-corrected chi connectivity index (χ4v) is 2.91. The topological polar surface area (TPSA) is 58.4 Å². The molecule has 0 spiro atoms. The molecule has 4 nitrogen and oxygen atoms in total. The van der Waals surface area contributed by atoms with Gasteiger partial charge >= 0.3 is 0 Å². The molecule has 1 fully saturated rings. The minimum Gasteiger partial charge on any atom is -0.351 e. The predicted molar refractivity (Wildman–Crippen MR) is 75.3 cm³/mol. The summed E-state index contributed by atoms with van der Waals surface area (Å²) in [6.07, 6.45) is 2.01. The van der Waals surface area contributed by atoms with Gasteiger partial charge in [0.2, 0.25) is 5.91 Å². The lowest BCUT2D eigenvalue weighted by Crippen LogP contribution is -2.50. The van der Waals surface area contributed by atoms with E-state index in [2.05, 4.69) is 31.0 Å². The van der Waals surface area contributed by atoms with Crippen LogP contribution in [0.3, 0.4) is 0 Å². The molecule has 0 aromatic carbocycles. The second kappa shape index (κ2) is 7.10. The van der Waals surface area contributed by atoms with Crippen molar-refractivity contribution >= 4 is 5.91 Å². The van der Waals surface area contributed by atoms with Crippen LogP contribution in [-0.2, 0) is 4.79 Å². The van der Waals surface area contributed by atoms with Crippen LogP contribution in [-0.4, -0.2) is 42.5 Å². The van der Waals surface area contributed by atoms with Gasteiger partial charge in [-0.3, -0.25) is 4.79 Å². The van der Waals surface area contributed by atoms with Gasteiger partial charge in [-0.25, -0.2) is 0 Å². The van der Waals surface area contributed by atoms with Crippen molar-refractivity contribution < 1.29 is 4.79 Å². The molecular weight excluding hydrogens is 226 g/mol. The lowest BCUT2D eigenvalue weighted by molar-refractivity contribution is -0.123. The quantitative estimate of drug-likeness (QED) is 0.776. The number of likely N-dealkylation sites (tertiary alicyclic amines) is 1. The van der Waals surface area contributed by atoms with Crippen LogP contribution in [0.25, 0.3) is 0 Å². The van der Waals surface area contributed by atoms with E-state index in [0.29, 0.717) is 6.42 Å². The van der Waals surface area contributed by atoms with Gasteiger partial charge in [-0.15, -0.1) is 0 Å². The standard InChI is InChI=1S/C14H29N3O/c1-5-13(15)14(18)16-12(4)9-17-7-10(2)6-11(3)8-17/h10-13H,5-9,15H2,1-4H3,(H,16,18)/t10?,11?,12?,13-/m0/s1. The van der Waals surface area contributed by atoms with Crippen molar-refractivity contribution in [1.29, 1.82) is 0 Å². The monoisotopic (exact) mass is 255 g/mol. The van der Waals surface area contributed by atoms with Crippen LogP contribution in [0.4, 0.5) is 0 Å². The number of amides is 1. The zero-order valence-corrected chi connectivity index (χ0v) is 12.3. The minimum absolute atomic E-state index is 0.0249. The molecular formula is C14H29N3O. The van der Waals surface area contributed by atoms with Crippen LogP contribution in [0, 0.1) is 11.8 Å².